The summed E-state index contributed by atoms with van der Waals surface area (Å²) < 4.78 is 20.2. The van der Waals surface area contributed by atoms with E-state index in [2.05, 4.69) is 14.2 Å². The number of nitrogens with zero attached hydrogens (tertiary/aromatic N) is 1. The van der Waals surface area contributed by atoms with Gasteiger partial charge in [-0.25, -0.2) is 9.37 Å². The average Bonchev–Trinajstić information content (AvgIpc) is 2.53. The van der Waals surface area contributed by atoms with E-state index >= 15 is 0 Å². The summed E-state index contributed by atoms with van der Waals surface area (Å²) in [5, 5.41) is 10.1. The first kappa shape index (κ1) is 16.8. The van der Waals surface area contributed by atoms with Gasteiger partial charge < -0.3 is 15.6 Å². The second kappa shape index (κ2) is 6.46. The molecule has 7 heteroatoms. The Morgan fingerprint density at radius 2 is 2.21 bits per heavy atom. The Bertz CT molecular complexity index is 813. The highest BCUT2D eigenvalue weighted by Gasteiger charge is 2.31. The molecule has 1 aliphatic rings. The Labute approximate surface area is 141 Å². The molecule has 0 fully saturated rings. The van der Waals surface area contributed by atoms with E-state index in [1.54, 1.807) is 12.1 Å². The van der Waals surface area contributed by atoms with Gasteiger partial charge in [0.25, 0.3) is 5.91 Å². The number of primary amides is 1. The number of amides is 1. The number of hydrogen-bond donors (Lipinski definition) is 2. The number of aromatic nitrogens is 1. The van der Waals surface area contributed by atoms with E-state index in [9.17, 15) is 14.3 Å². The summed E-state index contributed by atoms with van der Waals surface area (Å²) in [4.78, 5) is 15.7. The van der Waals surface area contributed by atoms with Crippen LogP contribution >= 0.6 is 9.24 Å². The van der Waals surface area contributed by atoms with E-state index in [0.717, 1.165) is 5.30 Å². The van der Waals surface area contributed by atoms with Crippen LogP contribution in [0, 0.1) is 11.7 Å². The molecule has 0 radical (unpaired) electrons. The summed E-state index contributed by atoms with van der Waals surface area (Å²) in [7, 11) is 2.44. The molecule has 3 rings (SSSR count). The maximum absolute atomic E-state index is 14.4. The van der Waals surface area contributed by atoms with Crippen molar-refractivity contribution in [1.29, 1.82) is 0 Å². The molecule has 2 aromatic rings. The van der Waals surface area contributed by atoms with Gasteiger partial charge in [-0.2, -0.15) is 0 Å². The lowest BCUT2D eigenvalue weighted by molar-refractivity contribution is 0.0561. The zero-order valence-electron chi connectivity index (χ0n) is 13.1. The smallest absolute Gasteiger partial charge is 0.267 e. The Morgan fingerprint density at radius 3 is 2.83 bits per heavy atom. The summed E-state index contributed by atoms with van der Waals surface area (Å²) in [6.07, 6.45) is 0.143. The van der Waals surface area contributed by atoms with Gasteiger partial charge in [-0.1, -0.05) is 19.1 Å². The Morgan fingerprint density at radius 1 is 1.46 bits per heavy atom. The first-order valence-corrected chi connectivity index (χ1v) is 8.15. The number of carbonyl (C=O) groups is 1. The fraction of sp³-hybridized carbons (Fsp3) is 0.294. The second-order valence-corrected chi connectivity index (χ2v) is 6.63. The highest BCUT2D eigenvalue weighted by Crippen LogP contribution is 2.38. The molecule has 1 aromatic heterocycles. The molecule has 2 heterocycles. The summed E-state index contributed by atoms with van der Waals surface area (Å²) in [6, 6.07) is 6.32. The zero-order valence-corrected chi connectivity index (χ0v) is 14.3. The van der Waals surface area contributed by atoms with Crippen molar-refractivity contribution in [1.82, 2.24) is 4.98 Å². The van der Waals surface area contributed by atoms with Gasteiger partial charge in [0.05, 0.1) is 6.61 Å². The minimum atomic E-state index is -0.718. The Kier molecular flexibility index (Phi) is 4.52. The molecule has 5 nitrogen and oxygen atoms in total. The van der Waals surface area contributed by atoms with Crippen LogP contribution in [0.3, 0.4) is 0 Å². The van der Waals surface area contributed by atoms with Gasteiger partial charge in [-0.3, -0.25) is 4.79 Å². The maximum atomic E-state index is 14.4. The van der Waals surface area contributed by atoms with Crippen molar-refractivity contribution < 1.29 is 19.0 Å². The third-order valence-electron chi connectivity index (χ3n) is 4.23. The minimum absolute atomic E-state index is 0.00402. The molecule has 0 saturated carbocycles. The molecule has 2 unspecified atom stereocenters. The van der Waals surface area contributed by atoms with Crippen molar-refractivity contribution in [3.05, 3.63) is 41.3 Å². The minimum Gasteiger partial charge on any atom is -0.471 e. The first-order valence-electron chi connectivity index (χ1n) is 7.57. The normalized spacial score (nSPS) is 19.5. The van der Waals surface area contributed by atoms with Crippen LogP contribution in [0.25, 0.3) is 11.1 Å². The van der Waals surface area contributed by atoms with Crippen molar-refractivity contribution in [2.24, 2.45) is 11.7 Å². The number of pyridine rings is 1. The van der Waals surface area contributed by atoms with E-state index in [1.165, 1.54) is 12.1 Å². The molecule has 3 N–H and O–H groups in total. The standard InChI is InChI=1S/C17H18FN2O3P/c1-8-4-12-11(10-3-2-9(24)5-13(10)18)6-14(16(19)22)20-17(12)23-15(8)7-21/h2-3,5-6,8,15,21H,4,7,24H2,1H3,(H2,19,22)/t8-,15?/m0/s1. The maximum Gasteiger partial charge on any atom is 0.267 e. The number of aliphatic hydroxyl groups excluding tert-OH is 1. The zero-order chi connectivity index (χ0) is 17.4. The summed E-state index contributed by atoms with van der Waals surface area (Å²) in [6.45, 7) is 1.78. The summed E-state index contributed by atoms with van der Waals surface area (Å²) in [5.74, 6) is -0.854. The third kappa shape index (κ3) is 2.99. The predicted molar refractivity (Wildman–Crippen MR) is 91.9 cm³/mol. The molecular weight excluding hydrogens is 330 g/mol. The molecule has 0 aliphatic carbocycles. The summed E-state index contributed by atoms with van der Waals surface area (Å²) in [5.41, 5.74) is 6.97. The van der Waals surface area contributed by atoms with Gasteiger partial charge in [0.2, 0.25) is 5.88 Å². The lowest BCUT2D eigenvalue weighted by Crippen LogP contribution is -2.35. The molecule has 0 saturated heterocycles. The number of rotatable bonds is 3. The van der Waals surface area contributed by atoms with Crippen molar-refractivity contribution in [2.45, 2.75) is 19.4 Å². The van der Waals surface area contributed by atoms with E-state index < -0.39 is 17.8 Å². The van der Waals surface area contributed by atoms with Gasteiger partial charge in [0, 0.05) is 11.1 Å². The van der Waals surface area contributed by atoms with Gasteiger partial charge in [-0.15, -0.1) is 9.24 Å². The van der Waals surface area contributed by atoms with Crippen LogP contribution in [-0.2, 0) is 6.42 Å². The van der Waals surface area contributed by atoms with Crippen molar-refractivity contribution >= 4 is 20.5 Å². The van der Waals surface area contributed by atoms with Crippen LogP contribution in [0.1, 0.15) is 23.0 Å². The van der Waals surface area contributed by atoms with Crippen molar-refractivity contribution in [2.75, 3.05) is 6.61 Å². The first-order chi connectivity index (χ1) is 11.4. The number of aliphatic hydroxyl groups is 1. The van der Waals surface area contributed by atoms with Gasteiger partial charge in [-0.05, 0) is 35.3 Å². The van der Waals surface area contributed by atoms with Crippen LogP contribution in [0.4, 0.5) is 4.39 Å². The molecular formula is C17H18FN2O3P. The number of halogens is 1. The molecule has 126 valence electrons. The predicted octanol–water partition coefficient (Wildman–Crippen LogP) is 1.42. The van der Waals surface area contributed by atoms with Gasteiger partial charge >= 0.3 is 0 Å². The average molecular weight is 348 g/mol. The number of benzene rings is 1. The molecule has 0 spiro atoms. The lowest BCUT2D eigenvalue weighted by atomic mass is 9.88. The topological polar surface area (TPSA) is 85.4 Å². The highest BCUT2D eigenvalue weighted by molar-refractivity contribution is 7.27. The van der Waals surface area contributed by atoms with Crippen LogP contribution in [-0.4, -0.2) is 28.7 Å². The van der Waals surface area contributed by atoms with Gasteiger partial charge in [0.1, 0.15) is 17.6 Å². The molecule has 1 aromatic carbocycles. The second-order valence-electron chi connectivity index (χ2n) is 5.96. The van der Waals surface area contributed by atoms with Crippen LogP contribution in [0.15, 0.2) is 24.3 Å². The Hall–Kier alpha value is -2.04. The van der Waals surface area contributed by atoms with E-state index in [-0.39, 0.29) is 24.1 Å². The molecule has 3 atom stereocenters. The number of nitrogens with two attached hydrogens (primary N) is 1. The van der Waals surface area contributed by atoms with Crippen LogP contribution in [0.2, 0.25) is 0 Å². The van der Waals surface area contributed by atoms with Crippen LogP contribution in [0.5, 0.6) is 5.88 Å². The molecule has 1 amide bonds. The third-order valence-corrected chi connectivity index (χ3v) is 4.58. The van der Waals surface area contributed by atoms with E-state index in [0.29, 0.717) is 23.1 Å². The molecule has 24 heavy (non-hydrogen) atoms. The summed E-state index contributed by atoms with van der Waals surface area (Å²) >= 11 is 0. The quantitative estimate of drug-likeness (QED) is 0.822. The van der Waals surface area contributed by atoms with E-state index in [4.69, 9.17) is 10.5 Å². The fourth-order valence-corrected chi connectivity index (χ4v) is 3.13. The molecule has 0 bridgehead atoms. The largest absolute Gasteiger partial charge is 0.471 e. The molecule has 1 aliphatic heterocycles. The van der Waals surface area contributed by atoms with E-state index in [1.807, 2.05) is 6.92 Å². The van der Waals surface area contributed by atoms with Gasteiger partial charge in [0.15, 0.2) is 0 Å². The lowest BCUT2D eigenvalue weighted by Gasteiger charge is -2.31. The fourth-order valence-electron chi connectivity index (χ4n) is 2.89. The number of hydrogen-bond acceptors (Lipinski definition) is 4. The number of carbonyl (C=O) groups excluding carboxylic acids is 1. The number of ether oxygens (including phenoxy) is 1. The van der Waals surface area contributed by atoms with Crippen LogP contribution < -0.4 is 15.8 Å². The monoisotopic (exact) mass is 348 g/mol. The van der Waals surface area contributed by atoms with Crippen molar-refractivity contribution in [3.63, 3.8) is 0 Å². The number of fused-ring (bicyclic) bond motifs is 1. The SMILES string of the molecule is C[C@H]1Cc2c(-c3ccc(P)cc3F)cc(C(N)=O)nc2OC1CO. The Balaban J connectivity index is 2.21. The highest BCUT2D eigenvalue weighted by atomic mass is 31.0. The van der Waals surface area contributed by atoms with Crippen molar-refractivity contribution in [3.8, 4) is 17.0 Å².